The summed E-state index contributed by atoms with van der Waals surface area (Å²) < 4.78 is 35.2. The van der Waals surface area contributed by atoms with Gasteiger partial charge >= 0.3 is 5.97 Å². The maximum absolute atomic E-state index is 15.9. The van der Waals surface area contributed by atoms with Crippen LogP contribution in [0.3, 0.4) is 0 Å². The van der Waals surface area contributed by atoms with Crippen molar-refractivity contribution in [2.75, 3.05) is 38.7 Å². The van der Waals surface area contributed by atoms with E-state index in [1.807, 2.05) is 29.2 Å². The smallest absolute Gasteiger partial charge is 0.308 e. The van der Waals surface area contributed by atoms with E-state index in [9.17, 15) is 14.4 Å². The second-order valence-electron chi connectivity index (χ2n) is 13.1. The number of Topliss-reactive ketones (excluding diaryl/α,β-unsaturated/α-hetero) is 1. The lowest BCUT2D eigenvalue weighted by atomic mass is 9.87. The second-order valence-corrected chi connectivity index (χ2v) is 14.5. The summed E-state index contributed by atoms with van der Waals surface area (Å²) in [6.07, 6.45) is 5.92. The van der Waals surface area contributed by atoms with Crippen LogP contribution < -0.4 is 5.32 Å². The Hall–Kier alpha value is -2.93. The zero-order valence-electron chi connectivity index (χ0n) is 28.2. The average Bonchev–Trinajstić information content (AvgIpc) is 3.81. The van der Waals surface area contributed by atoms with Crippen LogP contribution in [0.4, 0.5) is 10.1 Å². The van der Waals surface area contributed by atoms with Crippen molar-refractivity contribution in [3.8, 4) is 0 Å². The SMILES string of the molecule is CCOC(=O)C1CCC(OC(C(=O)Cc2cc(Cl)c(NC(=O)c3csc4ccccc34)cc2F)(N2CCCC2)N2CCCCC2OC)CC1. The molecule has 3 aromatic rings. The van der Waals surface area contributed by atoms with Crippen molar-refractivity contribution < 1.29 is 33.0 Å². The number of amides is 1. The van der Waals surface area contributed by atoms with E-state index >= 15 is 4.39 Å². The van der Waals surface area contributed by atoms with Crippen molar-refractivity contribution in [2.45, 2.75) is 89.3 Å². The summed E-state index contributed by atoms with van der Waals surface area (Å²) in [6.45, 7) is 4.05. The molecular formula is C37H45ClFN3O6S. The van der Waals surface area contributed by atoms with Crippen molar-refractivity contribution in [3.63, 3.8) is 0 Å². The number of halogens is 2. The van der Waals surface area contributed by atoms with Crippen LogP contribution in [-0.4, -0.2) is 79.0 Å². The highest BCUT2D eigenvalue weighted by Gasteiger charge is 2.55. The summed E-state index contributed by atoms with van der Waals surface area (Å²) in [5.41, 5.74) is 0.735. The third kappa shape index (κ3) is 7.57. The molecule has 2 saturated heterocycles. The number of thiophene rings is 1. The zero-order valence-corrected chi connectivity index (χ0v) is 29.8. The summed E-state index contributed by atoms with van der Waals surface area (Å²) in [5.74, 6) is -3.18. The lowest BCUT2D eigenvalue weighted by Crippen LogP contribution is -2.71. The minimum absolute atomic E-state index is 0.123. The number of carbonyl (C=O) groups excluding carboxylic acids is 3. The Bertz CT molecular complexity index is 1660. The van der Waals surface area contributed by atoms with Crippen LogP contribution in [0.1, 0.15) is 80.6 Å². The number of likely N-dealkylation sites (tertiary alicyclic amines) is 2. The standard InChI is InChI=1S/C37H45ClFN3O6S/c1-3-47-36(45)24-13-15-26(16-14-24)48-37(41-17-8-9-18-41,42-19-7-6-12-34(42)46-2)33(43)21-25-20-29(38)31(22-30(25)39)40-35(44)28-23-49-32-11-5-4-10-27(28)32/h4-5,10-11,20,22-24,26,34H,3,6-9,12-19,21H2,1-2H3,(H,40,44). The van der Waals surface area contributed by atoms with E-state index in [1.54, 1.807) is 19.4 Å². The quantitative estimate of drug-likeness (QED) is 0.194. The fraction of sp³-hybridized carbons (Fsp3) is 0.541. The Labute approximate surface area is 296 Å². The highest BCUT2D eigenvalue weighted by Crippen LogP contribution is 2.40. The fourth-order valence-electron chi connectivity index (χ4n) is 7.60. The molecule has 264 valence electrons. The molecule has 2 aromatic carbocycles. The van der Waals surface area contributed by atoms with E-state index in [2.05, 4.69) is 10.2 Å². The van der Waals surface area contributed by atoms with Crippen LogP contribution in [-0.2, 0) is 30.2 Å². The van der Waals surface area contributed by atoms with Gasteiger partial charge in [-0.1, -0.05) is 29.8 Å². The van der Waals surface area contributed by atoms with Crippen LogP contribution >= 0.6 is 22.9 Å². The molecule has 0 bridgehead atoms. The van der Waals surface area contributed by atoms with Gasteiger partial charge in [-0.3, -0.25) is 19.3 Å². The van der Waals surface area contributed by atoms with E-state index in [0.717, 1.165) is 42.2 Å². The molecule has 6 rings (SSSR count). The number of fused-ring (bicyclic) bond motifs is 1. The molecule has 1 N–H and O–H groups in total. The first-order valence-corrected chi connectivity index (χ1v) is 18.7. The monoisotopic (exact) mass is 713 g/mol. The number of hydrogen-bond donors (Lipinski definition) is 1. The van der Waals surface area contributed by atoms with Gasteiger partial charge in [0.25, 0.3) is 5.91 Å². The van der Waals surface area contributed by atoms with Gasteiger partial charge in [-0.15, -0.1) is 11.3 Å². The van der Waals surface area contributed by atoms with E-state index in [-0.39, 0.29) is 52.7 Å². The Kier molecular flexibility index (Phi) is 11.7. The number of piperidine rings is 1. The van der Waals surface area contributed by atoms with Crippen LogP contribution in [0.2, 0.25) is 5.02 Å². The summed E-state index contributed by atoms with van der Waals surface area (Å²) in [7, 11) is 1.65. The number of rotatable bonds is 12. The Morgan fingerprint density at radius 1 is 1.02 bits per heavy atom. The molecule has 1 aromatic heterocycles. The molecule has 1 aliphatic carbocycles. The number of esters is 1. The Morgan fingerprint density at radius 2 is 1.76 bits per heavy atom. The van der Waals surface area contributed by atoms with Crippen molar-refractivity contribution in [1.29, 1.82) is 0 Å². The molecular weight excluding hydrogens is 669 g/mol. The molecule has 2 atom stereocenters. The van der Waals surface area contributed by atoms with E-state index in [1.165, 1.54) is 23.5 Å². The Balaban J connectivity index is 1.28. The van der Waals surface area contributed by atoms with Gasteiger partial charge < -0.3 is 19.5 Å². The molecule has 3 fully saturated rings. The normalized spacial score (nSPS) is 23.3. The molecule has 9 nitrogen and oxygen atoms in total. The number of methoxy groups -OCH3 is 1. The van der Waals surface area contributed by atoms with Gasteiger partial charge in [0.2, 0.25) is 5.85 Å². The number of anilines is 1. The number of hydrogen-bond acceptors (Lipinski definition) is 9. The van der Waals surface area contributed by atoms with E-state index in [4.69, 9.17) is 25.8 Å². The van der Waals surface area contributed by atoms with Crippen LogP contribution in [0.5, 0.6) is 0 Å². The average molecular weight is 714 g/mol. The molecule has 2 aliphatic heterocycles. The zero-order chi connectivity index (χ0) is 34.5. The summed E-state index contributed by atoms with van der Waals surface area (Å²) in [6, 6.07) is 10.2. The highest BCUT2D eigenvalue weighted by atomic mass is 35.5. The van der Waals surface area contributed by atoms with Crippen molar-refractivity contribution in [1.82, 2.24) is 9.80 Å². The molecule has 3 aliphatic rings. The van der Waals surface area contributed by atoms with Crippen molar-refractivity contribution >= 4 is 56.4 Å². The molecule has 3 heterocycles. The van der Waals surface area contributed by atoms with Crippen LogP contribution in [0.25, 0.3) is 10.1 Å². The first kappa shape index (κ1) is 35.9. The minimum atomic E-state index is -1.48. The molecule has 2 unspecified atom stereocenters. The number of nitrogens with zero attached hydrogens (tertiary/aromatic N) is 2. The predicted octanol–water partition coefficient (Wildman–Crippen LogP) is 7.40. The molecule has 0 spiro atoms. The second kappa shape index (κ2) is 16.0. The van der Waals surface area contributed by atoms with Gasteiger partial charge in [-0.25, -0.2) is 9.29 Å². The topological polar surface area (TPSA) is 97.4 Å². The van der Waals surface area contributed by atoms with Gasteiger partial charge in [0.15, 0.2) is 5.78 Å². The van der Waals surface area contributed by atoms with Gasteiger partial charge in [-0.05, 0) is 88.5 Å². The number of carbonyl (C=O) groups is 3. The summed E-state index contributed by atoms with van der Waals surface area (Å²) in [4.78, 5) is 44.7. The first-order chi connectivity index (χ1) is 23.7. The molecule has 49 heavy (non-hydrogen) atoms. The van der Waals surface area contributed by atoms with Gasteiger partial charge in [0, 0.05) is 48.6 Å². The minimum Gasteiger partial charge on any atom is -0.466 e. The van der Waals surface area contributed by atoms with Gasteiger partial charge in [0.1, 0.15) is 12.0 Å². The number of benzene rings is 2. The Morgan fingerprint density at radius 3 is 2.49 bits per heavy atom. The summed E-state index contributed by atoms with van der Waals surface area (Å²) >= 11 is 8.12. The van der Waals surface area contributed by atoms with Crippen LogP contribution in [0, 0.1) is 11.7 Å². The van der Waals surface area contributed by atoms with Gasteiger partial charge in [-0.2, -0.15) is 0 Å². The lowest BCUT2D eigenvalue weighted by molar-refractivity contribution is -0.290. The summed E-state index contributed by atoms with van der Waals surface area (Å²) in [5, 5.41) is 5.47. The van der Waals surface area contributed by atoms with E-state index < -0.39 is 17.6 Å². The number of ether oxygens (including phenoxy) is 3. The third-order valence-electron chi connectivity index (χ3n) is 10.1. The number of nitrogens with one attached hydrogen (secondary N) is 1. The fourth-order valence-corrected chi connectivity index (χ4v) is 8.77. The van der Waals surface area contributed by atoms with Crippen molar-refractivity contribution in [3.05, 3.63) is 63.7 Å². The number of ketones is 1. The van der Waals surface area contributed by atoms with Crippen LogP contribution in [0.15, 0.2) is 41.8 Å². The maximum atomic E-state index is 15.9. The largest absolute Gasteiger partial charge is 0.466 e. The van der Waals surface area contributed by atoms with E-state index in [0.29, 0.717) is 57.5 Å². The maximum Gasteiger partial charge on any atom is 0.308 e. The highest BCUT2D eigenvalue weighted by molar-refractivity contribution is 7.17. The molecule has 1 amide bonds. The van der Waals surface area contributed by atoms with Crippen molar-refractivity contribution in [2.24, 2.45) is 5.92 Å². The van der Waals surface area contributed by atoms with Gasteiger partial charge in [0.05, 0.1) is 34.9 Å². The molecule has 12 heteroatoms. The predicted molar refractivity (Wildman–Crippen MR) is 188 cm³/mol. The third-order valence-corrected chi connectivity index (χ3v) is 11.4. The first-order valence-electron chi connectivity index (χ1n) is 17.4. The lowest BCUT2D eigenvalue weighted by Gasteiger charge is -2.53. The molecule has 1 saturated carbocycles. The molecule has 0 radical (unpaired) electrons.